The summed E-state index contributed by atoms with van der Waals surface area (Å²) in [5.74, 6) is 0.112. The van der Waals surface area contributed by atoms with Crippen LogP contribution in [0.3, 0.4) is 0 Å². The van der Waals surface area contributed by atoms with Crippen LogP contribution in [0.4, 0.5) is 0 Å². The van der Waals surface area contributed by atoms with Gasteiger partial charge in [-0.3, -0.25) is 4.79 Å². The molecule has 0 bridgehead atoms. The summed E-state index contributed by atoms with van der Waals surface area (Å²) in [6.07, 6.45) is 0.864. The van der Waals surface area contributed by atoms with E-state index in [1.54, 1.807) is 4.90 Å². The fourth-order valence-electron chi connectivity index (χ4n) is 1.62. The maximum atomic E-state index is 12.0. The molecule has 1 rings (SSSR count). The van der Waals surface area contributed by atoms with E-state index in [0.29, 0.717) is 26.3 Å². The topological polar surface area (TPSA) is 33.9 Å². The van der Waals surface area contributed by atoms with Gasteiger partial charge in [0.2, 0.25) is 0 Å². The minimum atomic E-state index is -0.506. The molecule has 1 aliphatic heterocycles. The predicted octanol–water partition coefficient (Wildman–Crippen LogP) is 1.18. The third kappa shape index (κ3) is 2.93. The largest absolute Gasteiger partial charge is 0.378 e. The molecule has 84 valence electrons. The lowest BCUT2D eigenvalue weighted by molar-refractivity contribution is -0.136. The Morgan fingerprint density at radius 2 is 2.13 bits per heavy atom. The molecule has 0 aliphatic carbocycles. The highest BCUT2D eigenvalue weighted by Gasteiger charge is 2.33. The van der Waals surface area contributed by atoms with Crippen molar-refractivity contribution in [3.05, 3.63) is 11.4 Å². The van der Waals surface area contributed by atoms with Gasteiger partial charge in [-0.05, 0) is 6.42 Å². The van der Waals surface area contributed by atoms with Crippen molar-refractivity contribution in [1.82, 2.24) is 4.90 Å². The SMILES string of the molecule is [C-]#[N+][C@H](C(=O)N1CCOCC1)C(C)CC. The fourth-order valence-corrected chi connectivity index (χ4v) is 1.62. The summed E-state index contributed by atoms with van der Waals surface area (Å²) in [5, 5.41) is 0. The lowest BCUT2D eigenvalue weighted by Crippen LogP contribution is -2.46. The third-order valence-corrected chi connectivity index (χ3v) is 2.90. The highest BCUT2D eigenvalue weighted by atomic mass is 16.5. The van der Waals surface area contributed by atoms with Gasteiger partial charge in [0.05, 0.1) is 13.2 Å². The minimum Gasteiger partial charge on any atom is -0.378 e. The molecular formula is C11H18N2O2. The second-order valence-electron chi connectivity index (χ2n) is 3.90. The van der Waals surface area contributed by atoms with Crippen molar-refractivity contribution in [3.8, 4) is 0 Å². The summed E-state index contributed by atoms with van der Waals surface area (Å²) >= 11 is 0. The van der Waals surface area contributed by atoms with E-state index in [4.69, 9.17) is 11.3 Å². The molecule has 0 aromatic heterocycles. The monoisotopic (exact) mass is 210 g/mol. The summed E-state index contributed by atoms with van der Waals surface area (Å²) in [4.78, 5) is 17.2. The Morgan fingerprint density at radius 3 is 2.60 bits per heavy atom. The summed E-state index contributed by atoms with van der Waals surface area (Å²) < 4.78 is 5.18. The average Bonchev–Trinajstić information content (AvgIpc) is 2.30. The van der Waals surface area contributed by atoms with E-state index in [1.807, 2.05) is 13.8 Å². The predicted molar refractivity (Wildman–Crippen MR) is 57.2 cm³/mol. The molecule has 1 unspecified atom stereocenters. The maximum Gasteiger partial charge on any atom is 0.306 e. The molecule has 1 saturated heterocycles. The van der Waals surface area contributed by atoms with Gasteiger partial charge in [-0.25, -0.2) is 6.57 Å². The molecule has 15 heavy (non-hydrogen) atoms. The Balaban J connectivity index is 2.60. The van der Waals surface area contributed by atoms with Gasteiger partial charge in [0.15, 0.2) is 0 Å². The van der Waals surface area contributed by atoms with Crippen LogP contribution in [0.15, 0.2) is 0 Å². The van der Waals surface area contributed by atoms with Crippen LogP contribution in [0.5, 0.6) is 0 Å². The van der Waals surface area contributed by atoms with Gasteiger partial charge >= 0.3 is 11.9 Å². The van der Waals surface area contributed by atoms with Crippen molar-refractivity contribution in [2.75, 3.05) is 26.3 Å². The number of rotatable bonds is 3. The molecule has 0 spiro atoms. The van der Waals surface area contributed by atoms with Crippen LogP contribution in [0.2, 0.25) is 0 Å². The van der Waals surface area contributed by atoms with Crippen molar-refractivity contribution >= 4 is 5.91 Å². The number of nitrogens with zero attached hydrogens (tertiary/aromatic N) is 2. The third-order valence-electron chi connectivity index (χ3n) is 2.90. The lowest BCUT2D eigenvalue weighted by Gasteiger charge is -2.28. The van der Waals surface area contributed by atoms with E-state index >= 15 is 0 Å². The van der Waals surface area contributed by atoms with E-state index < -0.39 is 6.04 Å². The Labute approximate surface area is 91.0 Å². The summed E-state index contributed by atoms with van der Waals surface area (Å²) in [6, 6.07) is -0.506. The molecule has 0 aromatic carbocycles. The van der Waals surface area contributed by atoms with Crippen LogP contribution >= 0.6 is 0 Å². The van der Waals surface area contributed by atoms with Gasteiger partial charge in [-0.1, -0.05) is 13.8 Å². The van der Waals surface area contributed by atoms with Crippen LogP contribution in [0.1, 0.15) is 20.3 Å². The first-order valence-corrected chi connectivity index (χ1v) is 5.43. The smallest absolute Gasteiger partial charge is 0.306 e. The van der Waals surface area contributed by atoms with Crippen molar-refractivity contribution < 1.29 is 9.53 Å². The molecule has 1 heterocycles. The second-order valence-corrected chi connectivity index (χ2v) is 3.90. The molecule has 4 nitrogen and oxygen atoms in total. The highest BCUT2D eigenvalue weighted by molar-refractivity contribution is 5.83. The van der Waals surface area contributed by atoms with Crippen LogP contribution in [0.25, 0.3) is 4.85 Å². The fraction of sp³-hybridized carbons (Fsp3) is 0.818. The Kier molecular flexibility index (Phi) is 4.57. The number of hydrogen-bond donors (Lipinski definition) is 0. The number of ether oxygens (including phenoxy) is 1. The van der Waals surface area contributed by atoms with Gasteiger partial charge in [-0.15, -0.1) is 0 Å². The van der Waals surface area contributed by atoms with E-state index in [9.17, 15) is 4.79 Å². The van der Waals surface area contributed by atoms with Gasteiger partial charge < -0.3 is 14.5 Å². The highest BCUT2D eigenvalue weighted by Crippen LogP contribution is 2.15. The van der Waals surface area contributed by atoms with E-state index in [0.717, 1.165) is 6.42 Å². The number of hydrogen-bond acceptors (Lipinski definition) is 2. The normalized spacial score (nSPS) is 20.5. The molecule has 0 radical (unpaired) electrons. The molecule has 1 fully saturated rings. The zero-order valence-electron chi connectivity index (χ0n) is 9.40. The Morgan fingerprint density at radius 1 is 1.53 bits per heavy atom. The number of carbonyl (C=O) groups excluding carboxylic acids is 1. The van der Waals surface area contributed by atoms with Crippen LogP contribution < -0.4 is 0 Å². The van der Waals surface area contributed by atoms with Gasteiger partial charge in [0.1, 0.15) is 0 Å². The average molecular weight is 210 g/mol. The number of carbonyl (C=O) groups is 1. The first kappa shape index (κ1) is 12.0. The van der Waals surface area contributed by atoms with Crippen LogP contribution in [0, 0.1) is 12.5 Å². The zero-order chi connectivity index (χ0) is 11.3. The Bertz CT molecular complexity index is 254. The number of amides is 1. The van der Waals surface area contributed by atoms with Crippen molar-refractivity contribution in [2.24, 2.45) is 5.92 Å². The molecule has 4 heteroatoms. The Hall–Kier alpha value is -1.08. The van der Waals surface area contributed by atoms with Gasteiger partial charge in [0, 0.05) is 19.0 Å². The first-order valence-electron chi connectivity index (χ1n) is 5.43. The molecule has 0 aromatic rings. The molecule has 0 N–H and O–H groups in total. The standard InChI is InChI=1S/C11H18N2O2/c1-4-9(2)10(12-3)11(14)13-5-7-15-8-6-13/h9-10H,4-8H2,1-2H3/t9?,10-/m0/s1. The molecule has 0 saturated carbocycles. The molecule has 1 aliphatic rings. The molecular weight excluding hydrogens is 192 g/mol. The van der Waals surface area contributed by atoms with Gasteiger partial charge in [0.25, 0.3) is 0 Å². The maximum absolute atomic E-state index is 12.0. The summed E-state index contributed by atoms with van der Waals surface area (Å²) in [5.41, 5.74) is 0. The van der Waals surface area contributed by atoms with E-state index in [-0.39, 0.29) is 11.8 Å². The van der Waals surface area contributed by atoms with Crippen molar-refractivity contribution in [3.63, 3.8) is 0 Å². The minimum absolute atomic E-state index is 0.0253. The van der Waals surface area contributed by atoms with Crippen molar-refractivity contribution in [2.45, 2.75) is 26.3 Å². The van der Waals surface area contributed by atoms with E-state index in [2.05, 4.69) is 4.85 Å². The quantitative estimate of drug-likeness (QED) is 0.655. The first-order chi connectivity index (χ1) is 7.20. The number of morpholine rings is 1. The summed E-state index contributed by atoms with van der Waals surface area (Å²) in [7, 11) is 0. The van der Waals surface area contributed by atoms with E-state index in [1.165, 1.54) is 0 Å². The molecule has 2 atom stereocenters. The van der Waals surface area contributed by atoms with Gasteiger partial charge in [-0.2, -0.15) is 0 Å². The summed E-state index contributed by atoms with van der Waals surface area (Å²) in [6.45, 7) is 13.5. The second kappa shape index (κ2) is 5.72. The van der Waals surface area contributed by atoms with Crippen LogP contribution in [-0.2, 0) is 9.53 Å². The molecule has 1 amide bonds. The lowest BCUT2D eigenvalue weighted by atomic mass is 9.98. The van der Waals surface area contributed by atoms with Crippen LogP contribution in [-0.4, -0.2) is 43.2 Å². The van der Waals surface area contributed by atoms with Crippen molar-refractivity contribution in [1.29, 1.82) is 0 Å². The zero-order valence-corrected chi connectivity index (χ0v) is 9.40.